The summed E-state index contributed by atoms with van der Waals surface area (Å²) in [6.45, 7) is 13.2. The minimum Gasteiger partial charge on any atom is -0.460 e. The van der Waals surface area contributed by atoms with Gasteiger partial charge in [-0.3, -0.25) is 14.4 Å². The molecule has 3 fully saturated rings. The molecule has 0 aromatic rings. The maximum absolute atomic E-state index is 14.2. The lowest BCUT2D eigenvalue weighted by Gasteiger charge is -2.44. The van der Waals surface area contributed by atoms with Crippen LogP contribution in [-0.4, -0.2) is 109 Å². The zero-order valence-corrected chi connectivity index (χ0v) is 37.2. The molecule has 2 saturated heterocycles. The van der Waals surface area contributed by atoms with Crippen LogP contribution in [0.15, 0.2) is 47.6 Å². The van der Waals surface area contributed by atoms with E-state index in [2.05, 4.69) is 0 Å². The van der Waals surface area contributed by atoms with E-state index >= 15 is 0 Å². The van der Waals surface area contributed by atoms with Gasteiger partial charge >= 0.3 is 5.97 Å². The molecule has 2 bridgehead atoms. The summed E-state index contributed by atoms with van der Waals surface area (Å²) >= 11 is 0. The van der Waals surface area contributed by atoms with Gasteiger partial charge in [0.2, 0.25) is 5.91 Å². The fraction of sp³-hybridized carbons (Fsp3) is 0.750. The number of hydrogen-bond donors (Lipinski definition) is 5. The molecule has 4 rings (SSSR count). The fourth-order valence-corrected chi connectivity index (χ4v) is 9.37. The van der Waals surface area contributed by atoms with Crippen LogP contribution in [-0.2, 0) is 28.7 Å². The number of Topliss-reactive ketones (excluding diaryl/α,β-unsaturated/α-hetero) is 2. The van der Waals surface area contributed by atoms with E-state index in [9.17, 15) is 44.7 Å². The van der Waals surface area contributed by atoms with Crippen LogP contribution in [0.5, 0.6) is 0 Å². The fourth-order valence-electron chi connectivity index (χ4n) is 9.37. The van der Waals surface area contributed by atoms with Crippen LogP contribution < -0.4 is 0 Å². The molecule has 60 heavy (non-hydrogen) atoms. The molecule has 3 aliphatic heterocycles. The first-order valence-corrected chi connectivity index (χ1v) is 22.7. The summed E-state index contributed by atoms with van der Waals surface area (Å²) in [5.74, 6) is -4.55. The monoisotopic (exact) mass is 842 g/mol. The molecule has 14 atom stereocenters. The molecule has 338 valence electrons. The van der Waals surface area contributed by atoms with E-state index in [0.29, 0.717) is 76.3 Å². The summed E-state index contributed by atoms with van der Waals surface area (Å²) in [6.07, 6.45) is 11.5. The number of carbonyl (C=O) groups excluding carboxylic acids is 4. The first-order chi connectivity index (χ1) is 28.3. The van der Waals surface area contributed by atoms with Gasteiger partial charge in [-0.25, -0.2) is 4.79 Å². The number of esters is 1. The van der Waals surface area contributed by atoms with Gasteiger partial charge in [0.1, 0.15) is 17.9 Å². The Hall–Kier alpha value is -3.00. The number of amides is 1. The van der Waals surface area contributed by atoms with Gasteiger partial charge in [0.05, 0.1) is 36.9 Å². The van der Waals surface area contributed by atoms with E-state index in [1.807, 2.05) is 65.0 Å². The van der Waals surface area contributed by atoms with Gasteiger partial charge < -0.3 is 39.9 Å². The topological polar surface area (TPSA) is 191 Å². The summed E-state index contributed by atoms with van der Waals surface area (Å²) in [6, 6.07) is -0.927. The lowest BCUT2D eigenvalue weighted by Crippen LogP contribution is -2.54. The molecule has 3 heterocycles. The third-order valence-electron chi connectivity index (χ3n) is 13.7. The van der Waals surface area contributed by atoms with Crippen molar-refractivity contribution in [2.75, 3.05) is 6.54 Å². The van der Waals surface area contributed by atoms with Crippen molar-refractivity contribution in [2.24, 2.45) is 35.5 Å². The minimum absolute atomic E-state index is 0.0419. The van der Waals surface area contributed by atoms with E-state index in [0.717, 1.165) is 5.57 Å². The largest absolute Gasteiger partial charge is 0.460 e. The average Bonchev–Trinajstić information content (AvgIpc) is 3.19. The summed E-state index contributed by atoms with van der Waals surface area (Å²) < 4.78 is 12.5. The number of aliphatic hydroxyl groups is 5. The SMILES string of the molecule is CC1=CC(C)[C@@H](O)CC(=O)[C@H](C)C[C@H](C)C=CC=CC=C(C)[C@@H](O)CC2CC[C@@H](C)[C@](O)(CC(=O)N3CCCC[C@H]3C(=O)O[C@H]([C@H](C)CC3CC[C@@H](O)[C@H](O)C3)CC1=O)O2. The van der Waals surface area contributed by atoms with Crippen molar-refractivity contribution < 1.29 is 54.2 Å². The Morgan fingerprint density at radius 1 is 0.833 bits per heavy atom. The van der Waals surface area contributed by atoms with Gasteiger partial charge in [-0.15, -0.1) is 0 Å². The van der Waals surface area contributed by atoms with E-state index in [1.54, 1.807) is 19.9 Å². The van der Waals surface area contributed by atoms with E-state index < -0.39 is 66.2 Å². The van der Waals surface area contributed by atoms with Crippen molar-refractivity contribution in [2.45, 2.75) is 187 Å². The zero-order chi connectivity index (χ0) is 44.3. The van der Waals surface area contributed by atoms with Crippen molar-refractivity contribution in [3.63, 3.8) is 0 Å². The summed E-state index contributed by atoms with van der Waals surface area (Å²) in [7, 11) is 0. The van der Waals surface area contributed by atoms with Crippen molar-refractivity contribution in [3.05, 3.63) is 47.6 Å². The lowest BCUT2D eigenvalue weighted by atomic mass is 9.78. The van der Waals surface area contributed by atoms with Gasteiger partial charge in [0, 0.05) is 43.6 Å². The Kier molecular flexibility index (Phi) is 19.0. The van der Waals surface area contributed by atoms with E-state index in [-0.39, 0.29) is 66.8 Å². The predicted octanol–water partition coefficient (Wildman–Crippen LogP) is 6.07. The van der Waals surface area contributed by atoms with Crippen molar-refractivity contribution in [3.8, 4) is 0 Å². The van der Waals surface area contributed by atoms with Crippen molar-refractivity contribution in [1.82, 2.24) is 4.90 Å². The molecule has 3 unspecified atom stereocenters. The first-order valence-electron chi connectivity index (χ1n) is 22.7. The normalized spacial score (nSPS) is 38.7. The quantitative estimate of drug-likeness (QED) is 0.208. The van der Waals surface area contributed by atoms with Crippen LogP contribution in [0.3, 0.4) is 0 Å². The number of allylic oxidation sites excluding steroid dienone is 6. The van der Waals surface area contributed by atoms with Gasteiger partial charge in [-0.1, -0.05) is 71.1 Å². The van der Waals surface area contributed by atoms with Crippen LogP contribution in [0.4, 0.5) is 0 Å². The Bertz CT molecular complexity index is 1590. The Morgan fingerprint density at radius 3 is 2.28 bits per heavy atom. The number of hydrogen-bond acceptors (Lipinski definition) is 11. The number of piperidine rings is 1. The minimum atomic E-state index is -1.80. The second kappa shape index (κ2) is 22.9. The van der Waals surface area contributed by atoms with E-state index in [1.165, 1.54) is 4.90 Å². The molecule has 1 aliphatic carbocycles. The highest BCUT2D eigenvalue weighted by Crippen LogP contribution is 2.38. The molecule has 4 aliphatic rings. The van der Waals surface area contributed by atoms with Crippen LogP contribution in [0.1, 0.15) is 138 Å². The van der Waals surface area contributed by atoms with Crippen LogP contribution >= 0.6 is 0 Å². The molecular formula is C48H75NO11. The molecule has 0 radical (unpaired) electrons. The third-order valence-corrected chi connectivity index (χ3v) is 13.7. The number of ether oxygens (including phenoxy) is 2. The number of cyclic esters (lactones) is 1. The number of fused-ring (bicyclic) bond motifs is 3. The molecule has 5 N–H and O–H groups in total. The maximum Gasteiger partial charge on any atom is 0.329 e. The average molecular weight is 842 g/mol. The Morgan fingerprint density at radius 2 is 1.57 bits per heavy atom. The van der Waals surface area contributed by atoms with Crippen molar-refractivity contribution >= 4 is 23.4 Å². The number of ketones is 2. The number of rotatable bonds is 3. The Labute approximate surface area is 358 Å². The molecular weight excluding hydrogens is 767 g/mol. The first kappa shape index (κ1) is 49.7. The molecule has 1 amide bonds. The molecule has 1 saturated carbocycles. The lowest BCUT2D eigenvalue weighted by molar-refractivity contribution is -0.283. The van der Waals surface area contributed by atoms with Gasteiger partial charge in [-0.2, -0.15) is 0 Å². The second-order valence-electron chi connectivity index (χ2n) is 19.0. The number of aliphatic hydroxyl groups excluding tert-OH is 4. The molecule has 12 heteroatoms. The van der Waals surface area contributed by atoms with Crippen LogP contribution in [0.2, 0.25) is 0 Å². The summed E-state index contributed by atoms with van der Waals surface area (Å²) in [5.41, 5.74) is 1.09. The van der Waals surface area contributed by atoms with E-state index in [4.69, 9.17) is 9.47 Å². The molecule has 12 nitrogen and oxygen atoms in total. The van der Waals surface area contributed by atoms with Crippen LogP contribution in [0.25, 0.3) is 0 Å². The highest BCUT2D eigenvalue weighted by Gasteiger charge is 2.46. The second-order valence-corrected chi connectivity index (χ2v) is 19.0. The highest BCUT2D eigenvalue weighted by atomic mass is 16.6. The Balaban J connectivity index is 1.62. The molecule has 0 spiro atoms. The zero-order valence-electron chi connectivity index (χ0n) is 37.2. The third kappa shape index (κ3) is 14.3. The van der Waals surface area contributed by atoms with Gasteiger partial charge in [-0.05, 0) is 107 Å². The molecule has 0 aromatic heterocycles. The smallest absolute Gasteiger partial charge is 0.329 e. The van der Waals surface area contributed by atoms with Gasteiger partial charge in [0.25, 0.3) is 0 Å². The standard InChI is InChI=1S/C48H75NO11/c1-29-13-9-8-10-14-30(2)40(51)25-37-18-16-35(7)48(58,60-37)28-46(56)49-20-12-11-15-38(49)47(57)59-45(34(6)23-36-17-19-39(50)44(55)24-36)27-43(54)33(5)22-32(4)42(53)26-41(52)31(3)21-29/h8-10,13-14,22,29,31-32,34-40,42,44-45,50-51,53,55,58H,11-12,15-21,23-28H2,1-7H3/t29-,31-,32?,34-,35-,36?,37?,38+,39-,40+,42+,44-,45+,48+/m1/s1. The highest BCUT2D eigenvalue weighted by molar-refractivity contribution is 5.95. The van der Waals surface area contributed by atoms with Gasteiger partial charge in [0.15, 0.2) is 11.6 Å². The van der Waals surface area contributed by atoms with Crippen LogP contribution in [0, 0.1) is 35.5 Å². The van der Waals surface area contributed by atoms with Crippen molar-refractivity contribution in [1.29, 1.82) is 0 Å². The summed E-state index contributed by atoms with van der Waals surface area (Å²) in [4.78, 5) is 56.8. The molecule has 0 aromatic carbocycles. The maximum atomic E-state index is 14.2. The summed E-state index contributed by atoms with van der Waals surface area (Å²) in [5, 5.41) is 54.5. The number of carbonyl (C=O) groups is 4. The predicted molar refractivity (Wildman–Crippen MR) is 229 cm³/mol. The number of nitrogens with zero attached hydrogens (tertiary/aromatic N) is 1.